The fourth-order valence-electron chi connectivity index (χ4n) is 4.88. The van der Waals surface area contributed by atoms with Crippen LogP contribution in [0.5, 0.6) is 0 Å². The minimum atomic E-state index is 0.738. The fourth-order valence-corrected chi connectivity index (χ4v) is 4.99. The van der Waals surface area contributed by atoms with Gasteiger partial charge in [-0.2, -0.15) is 0 Å². The summed E-state index contributed by atoms with van der Waals surface area (Å²) in [6.45, 7) is 1.96. The molecule has 0 radical (unpaired) electrons. The molecule has 0 bridgehead atoms. The number of hydrogen-bond acceptors (Lipinski definition) is 2. The molecule has 2 heteroatoms. The molecular formula is C24H32OS. The monoisotopic (exact) mass is 368 g/mol. The highest BCUT2D eigenvalue weighted by Gasteiger charge is 2.28. The van der Waals surface area contributed by atoms with E-state index in [0.717, 1.165) is 23.5 Å². The quantitative estimate of drug-likeness (QED) is 0.293. The molecule has 0 N–H and O–H groups in total. The first-order chi connectivity index (χ1) is 12.8. The van der Waals surface area contributed by atoms with E-state index in [1.807, 2.05) is 19.1 Å². The molecule has 2 saturated carbocycles. The largest absolute Gasteiger partial charge is 0.454 e. The minimum absolute atomic E-state index is 0.738. The first-order valence-electron chi connectivity index (χ1n) is 10.3. The maximum atomic E-state index is 5.29. The Hall–Kier alpha value is -1.41. The molecule has 1 nitrogen and oxygen atoms in total. The van der Waals surface area contributed by atoms with E-state index in [1.54, 1.807) is 0 Å². The summed E-state index contributed by atoms with van der Waals surface area (Å²) in [4.78, 5) is 0. The first kappa shape index (κ1) is 19.4. The second-order valence-electron chi connectivity index (χ2n) is 7.92. The van der Waals surface area contributed by atoms with Crippen LogP contribution in [0.1, 0.15) is 81.8 Å². The van der Waals surface area contributed by atoms with Crippen molar-refractivity contribution in [2.24, 2.45) is 11.8 Å². The van der Waals surface area contributed by atoms with Crippen molar-refractivity contribution in [2.45, 2.75) is 70.6 Å². The molecule has 140 valence electrons. The summed E-state index contributed by atoms with van der Waals surface area (Å²) < 4.78 is 5.29. The maximum absolute atomic E-state index is 5.29. The zero-order valence-electron chi connectivity index (χ0n) is 16.0. The van der Waals surface area contributed by atoms with Crippen LogP contribution < -0.4 is 0 Å². The Morgan fingerprint density at radius 3 is 2.42 bits per heavy atom. The van der Waals surface area contributed by atoms with Gasteiger partial charge in [-0.05, 0) is 85.9 Å². The summed E-state index contributed by atoms with van der Waals surface area (Å²) in [5, 5.41) is 0. The molecule has 0 unspecified atom stereocenters. The van der Waals surface area contributed by atoms with Crippen molar-refractivity contribution in [3.05, 3.63) is 53.3 Å². The van der Waals surface area contributed by atoms with Gasteiger partial charge in [-0.1, -0.05) is 62.4 Å². The van der Waals surface area contributed by atoms with Crippen LogP contribution in [-0.2, 0) is 4.74 Å². The average Bonchev–Trinajstić information content (AvgIpc) is 2.72. The van der Waals surface area contributed by atoms with Gasteiger partial charge in [0.05, 0.1) is 0 Å². The normalized spacial score (nSPS) is 25.3. The van der Waals surface area contributed by atoms with E-state index < -0.39 is 0 Å². The highest BCUT2D eigenvalue weighted by molar-refractivity contribution is 7.78. The van der Waals surface area contributed by atoms with Crippen LogP contribution >= 0.6 is 12.2 Å². The van der Waals surface area contributed by atoms with Crippen molar-refractivity contribution in [1.82, 2.24) is 0 Å². The summed E-state index contributed by atoms with van der Waals surface area (Å²) in [5.41, 5.74) is 4.05. The zero-order valence-corrected chi connectivity index (χ0v) is 16.8. The van der Waals surface area contributed by atoms with Gasteiger partial charge in [-0.3, -0.25) is 0 Å². The minimum Gasteiger partial charge on any atom is -0.454 e. The van der Waals surface area contributed by atoms with Crippen molar-refractivity contribution >= 4 is 23.8 Å². The second-order valence-corrected chi connectivity index (χ2v) is 8.11. The topological polar surface area (TPSA) is 9.23 Å². The summed E-state index contributed by atoms with van der Waals surface area (Å²) in [5.74, 6) is 3.55. The van der Waals surface area contributed by atoms with Crippen molar-refractivity contribution < 1.29 is 4.74 Å². The summed E-state index contributed by atoms with van der Waals surface area (Å²) in [7, 11) is 0. The number of ether oxygens (including phenoxy) is 1. The zero-order chi connectivity index (χ0) is 18.2. The van der Waals surface area contributed by atoms with Crippen LogP contribution in [0.25, 0.3) is 6.08 Å². The van der Waals surface area contributed by atoms with Crippen molar-refractivity contribution in [3.63, 3.8) is 0 Å². The lowest BCUT2D eigenvalue weighted by molar-refractivity contribution is 0.186. The van der Waals surface area contributed by atoms with E-state index in [9.17, 15) is 0 Å². The van der Waals surface area contributed by atoms with Crippen LogP contribution in [0.4, 0.5) is 0 Å². The summed E-state index contributed by atoms with van der Waals surface area (Å²) in [6, 6.07) is 9.02. The predicted octanol–water partition coefficient (Wildman–Crippen LogP) is 7.43. The number of hydrogen-bond donors (Lipinski definition) is 0. The van der Waals surface area contributed by atoms with E-state index >= 15 is 0 Å². The molecule has 0 saturated heterocycles. The van der Waals surface area contributed by atoms with E-state index in [4.69, 9.17) is 17.0 Å². The molecule has 0 amide bonds. The third-order valence-electron chi connectivity index (χ3n) is 6.38. The lowest BCUT2D eigenvalue weighted by Crippen LogP contribution is -2.23. The van der Waals surface area contributed by atoms with Crippen LogP contribution in [0.2, 0.25) is 0 Å². The lowest BCUT2D eigenvalue weighted by Gasteiger charge is -2.36. The number of rotatable bonds is 6. The fraction of sp³-hybridized carbons (Fsp3) is 0.542. The number of allylic oxidation sites excluding steroid dienone is 2. The maximum Gasteiger partial charge on any atom is 0.154 e. The number of benzene rings is 1. The van der Waals surface area contributed by atoms with Crippen molar-refractivity contribution in [3.8, 4) is 0 Å². The molecule has 0 heterocycles. The van der Waals surface area contributed by atoms with Gasteiger partial charge >= 0.3 is 0 Å². The highest BCUT2D eigenvalue weighted by atomic mass is 32.1. The molecule has 1 aromatic rings. The molecule has 2 fully saturated rings. The summed E-state index contributed by atoms with van der Waals surface area (Å²) >= 11 is 4.77. The van der Waals surface area contributed by atoms with Gasteiger partial charge < -0.3 is 4.74 Å². The van der Waals surface area contributed by atoms with Crippen LogP contribution in [0.3, 0.4) is 0 Å². The van der Waals surface area contributed by atoms with Gasteiger partial charge in [0.1, 0.15) is 5.76 Å². The smallest absolute Gasteiger partial charge is 0.154 e. The molecule has 2 aliphatic rings. The summed E-state index contributed by atoms with van der Waals surface area (Å²) in [6.07, 6.45) is 19.0. The Morgan fingerprint density at radius 2 is 1.73 bits per heavy atom. The molecule has 0 spiro atoms. The van der Waals surface area contributed by atoms with E-state index in [0.29, 0.717) is 0 Å². The molecule has 0 aromatic heterocycles. The second kappa shape index (κ2) is 10.1. The van der Waals surface area contributed by atoms with Gasteiger partial charge in [0, 0.05) is 0 Å². The molecule has 26 heavy (non-hydrogen) atoms. The van der Waals surface area contributed by atoms with E-state index in [-0.39, 0.29) is 0 Å². The molecule has 0 atom stereocenters. The number of thiocarbonyl (C=S) groups is 1. The van der Waals surface area contributed by atoms with E-state index in [2.05, 4.69) is 30.3 Å². The molecule has 3 rings (SSSR count). The SMILES string of the molecule is C/C=C(\C=C/c1cccc(C2CCC(C3CCCCC3)CC2)c1)OC=S. The Balaban J connectivity index is 1.58. The van der Waals surface area contributed by atoms with Crippen LogP contribution in [-0.4, -0.2) is 5.55 Å². The lowest BCUT2D eigenvalue weighted by atomic mass is 9.70. The Labute approximate surface area is 164 Å². The van der Waals surface area contributed by atoms with Gasteiger partial charge in [0.2, 0.25) is 0 Å². The first-order valence-corrected chi connectivity index (χ1v) is 10.8. The molecule has 0 aliphatic heterocycles. The van der Waals surface area contributed by atoms with Gasteiger partial charge in [-0.25, -0.2) is 0 Å². The van der Waals surface area contributed by atoms with Crippen molar-refractivity contribution in [2.75, 3.05) is 0 Å². The predicted molar refractivity (Wildman–Crippen MR) is 115 cm³/mol. The Morgan fingerprint density at radius 1 is 1.00 bits per heavy atom. The third kappa shape index (κ3) is 5.30. The van der Waals surface area contributed by atoms with Gasteiger partial charge in [0.25, 0.3) is 0 Å². The third-order valence-corrected chi connectivity index (χ3v) is 6.48. The van der Waals surface area contributed by atoms with E-state index in [1.165, 1.54) is 74.5 Å². The average molecular weight is 369 g/mol. The highest BCUT2D eigenvalue weighted by Crippen LogP contribution is 2.43. The Kier molecular flexibility index (Phi) is 7.49. The molecular weight excluding hydrogens is 336 g/mol. The molecule has 2 aliphatic carbocycles. The van der Waals surface area contributed by atoms with Gasteiger partial charge in [0.15, 0.2) is 5.55 Å². The van der Waals surface area contributed by atoms with Crippen LogP contribution in [0, 0.1) is 11.8 Å². The standard InChI is InChI=1S/C24H32OS/c1-2-24(25-18-26)16-11-19-7-6-10-23(17-19)22-14-12-21(13-15-22)20-8-4-3-5-9-20/h2,6-7,10-11,16-18,20-22H,3-5,8-9,12-15H2,1H3/b16-11-,24-2+. The van der Waals surface area contributed by atoms with Crippen LogP contribution in [0.15, 0.2) is 42.2 Å². The van der Waals surface area contributed by atoms with Gasteiger partial charge in [-0.15, -0.1) is 0 Å². The van der Waals surface area contributed by atoms with Crippen molar-refractivity contribution in [1.29, 1.82) is 0 Å². The Bertz CT molecular complexity index is 631. The molecule has 1 aromatic carbocycles.